The van der Waals surface area contributed by atoms with Gasteiger partial charge in [-0.25, -0.2) is 8.42 Å². The molecule has 0 unspecified atom stereocenters. The summed E-state index contributed by atoms with van der Waals surface area (Å²) in [4.78, 5) is 10.6. The Kier molecular flexibility index (Phi) is 7.09. The Balaban J connectivity index is 0.00000300. The van der Waals surface area contributed by atoms with Crippen LogP contribution in [0.1, 0.15) is 18.4 Å². The van der Waals surface area contributed by atoms with E-state index < -0.39 is 49.7 Å². The quantitative estimate of drug-likeness (QED) is 0.607. The maximum absolute atomic E-state index is 13.2. The van der Waals surface area contributed by atoms with Crippen LogP contribution >= 0.6 is 0 Å². The van der Waals surface area contributed by atoms with Crippen LogP contribution in [0.2, 0.25) is 0 Å². The molecule has 29 heavy (non-hydrogen) atoms. The van der Waals surface area contributed by atoms with Gasteiger partial charge in [-0.05, 0) is 30.7 Å². The molecule has 5 nitrogen and oxygen atoms in total. The Morgan fingerprint density at radius 2 is 1.59 bits per heavy atom. The molecular weight excluding hydrogens is 404 g/mol. The smallest absolute Gasteiger partial charge is 0.550 e. The molecule has 1 fully saturated rings. The van der Waals surface area contributed by atoms with Crippen LogP contribution in [0.25, 0.3) is 0 Å². The Labute approximate surface area is 178 Å². The Morgan fingerprint density at radius 1 is 1.00 bits per heavy atom. The molecule has 1 saturated carbocycles. The summed E-state index contributed by atoms with van der Waals surface area (Å²) in [5.41, 5.74) is -1.27. The first-order valence-electron chi connectivity index (χ1n) is 8.43. The number of carbonyl (C=O) groups is 1. The van der Waals surface area contributed by atoms with Crippen LogP contribution in [0.15, 0.2) is 59.5 Å². The number of sulfone groups is 1. The van der Waals surface area contributed by atoms with E-state index in [9.17, 15) is 31.5 Å². The van der Waals surface area contributed by atoms with Crippen LogP contribution in [-0.2, 0) is 20.8 Å². The standard InChI is InChI=1S/C19H17F3O5S.Li/c20-19(21,22)15-8-4-5-9-17(15)28(25,26)13-10-14(18(23)24)16(11-13)27-12-6-2-1-3-7-12;/h1-9,13-14,16H,10-11H2,(H,23,24);/q;+1/p-1/t13-,14-,16-;/m0./s1. The molecule has 2 aromatic carbocycles. The number of carboxylic acids is 1. The zero-order valence-corrected chi connectivity index (χ0v) is 16.2. The predicted octanol–water partition coefficient (Wildman–Crippen LogP) is -0.541. The largest absolute Gasteiger partial charge is 1.00 e. The van der Waals surface area contributed by atoms with Crippen molar-refractivity contribution in [1.82, 2.24) is 0 Å². The van der Waals surface area contributed by atoms with Gasteiger partial charge in [0.2, 0.25) is 0 Å². The molecule has 1 aliphatic carbocycles. The summed E-state index contributed by atoms with van der Waals surface area (Å²) in [5.74, 6) is -2.41. The Morgan fingerprint density at radius 3 is 2.17 bits per heavy atom. The first-order chi connectivity index (χ1) is 13.1. The summed E-state index contributed by atoms with van der Waals surface area (Å²) < 4.78 is 71.1. The molecule has 0 aromatic heterocycles. The number of aliphatic carboxylic acids is 1. The van der Waals surface area contributed by atoms with Crippen molar-refractivity contribution in [2.24, 2.45) is 5.92 Å². The second kappa shape index (κ2) is 8.82. The van der Waals surface area contributed by atoms with Gasteiger partial charge in [0, 0.05) is 18.3 Å². The SMILES string of the molecule is O=C([O-])[C@H]1C[C@H](S(=O)(=O)c2ccccc2C(F)(F)F)C[C@@H]1Oc1ccccc1.[Li+]. The Hall–Kier alpha value is -1.95. The first-order valence-corrected chi connectivity index (χ1v) is 9.98. The van der Waals surface area contributed by atoms with Gasteiger partial charge < -0.3 is 14.6 Å². The van der Waals surface area contributed by atoms with E-state index in [2.05, 4.69) is 0 Å². The van der Waals surface area contributed by atoms with Crippen molar-refractivity contribution < 1.29 is 55.1 Å². The van der Waals surface area contributed by atoms with E-state index in [1.165, 1.54) is 6.07 Å². The van der Waals surface area contributed by atoms with Gasteiger partial charge >= 0.3 is 25.0 Å². The molecule has 0 N–H and O–H groups in total. The molecule has 3 atom stereocenters. The zero-order valence-electron chi connectivity index (χ0n) is 15.4. The average molecular weight is 420 g/mol. The molecule has 0 bridgehead atoms. The van der Waals surface area contributed by atoms with E-state index in [1.807, 2.05) is 0 Å². The number of para-hydroxylation sites is 1. The summed E-state index contributed by atoms with van der Waals surface area (Å²) in [6.45, 7) is 0. The van der Waals surface area contributed by atoms with Gasteiger partial charge in [0.1, 0.15) is 11.9 Å². The number of carbonyl (C=O) groups excluding carboxylic acids is 1. The van der Waals surface area contributed by atoms with Crippen molar-refractivity contribution in [3.63, 3.8) is 0 Å². The number of hydrogen-bond acceptors (Lipinski definition) is 5. The topological polar surface area (TPSA) is 83.5 Å². The molecule has 0 radical (unpaired) electrons. The third-order valence-electron chi connectivity index (χ3n) is 4.73. The average Bonchev–Trinajstić information content (AvgIpc) is 3.07. The summed E-state index contributed by atoms with van der Waals surface area (Å²) in [6, 6.07) is 12.1. The van der Waals surface area contributed by atoms with E-state index in [-0.39, 0.29) is 31.7 Å². The molecular formula is C19H16F3LiO5S. The van der Waals surface area contributed by atoms with Crippen molar-refractivity contribution in [1.29, 1.82) is 0 Å². The van der Waals surface area contributed by atoms with Gasteiger partial charge in [0.15, 0.2) is 9.84 Å². The molecule has 0 heterocycles. The van der Waals surface area contributed by atoms with E-state index >= 15 is 0 Å². The second-order valence-corrected chi connectivity index (χ2v) is 8.72. The van der Waals surface area contributed by atoms with E-state index in [0.717, 1.165) is 12.1 Å². The summed E-state index contributed by atoms with van der Waals surface area (Å²) in [6.07, 6.45) is -6.50. The molecule has 0 spiro atoms. The van der Waals surface area contributed by atoms with Crippen molar-refractivity contribution in [3.05, 3.63) is 60.2 Å². The van der Waals surface area contributed by atoms with E-state index in [0.29, 0.717) is 11.8 Å². The fraction of sp³-hybridized carbons (Fsp3) is 0.316. The van der Waals surface area contributed by atoms with Gasteiger partial charge in [-0.3, -0.25) is 0 Å². The molecule has 0 aliphatic heterocycles. The van der Waals surface area contributed by atoms with Gasteiger partial charge in [-0.2, -0.15) is 13.2 Å². The zero-order chi connectivity index (χ0) is 20.5. The van der Waals surface area contributed by atoms with Crippen LogP contribution in [0.4, 0.5) is 13.2 Å². The van der Waals surface area contributed by atoms with E-state index in [4.69, 9.17) is 4.74 Å². The van der Waals surface area contributed by atoms with E-state index in [1.54, 1.807) is 30.3 Å². The number of halogens is 3. The molecule has 0 amide bonds. The van der Waals surface area contributed by atoms with Crippen molar-refractivity contribution in [2.45, 2.75) is 35.3 Å². The minimum atomic E-state index is -4.85. The number of benzene rings is 2. The maximum Gasteiger partial charge on any atom is 1.00 e. The molecule has 3 rings (SSSR count). The fourth-order valence-corrected chi connectivity index (χ4v) is 5.41. The number of ether oxygens (including phenoxy) is 1. The number of alkyl halides is 3. The molecule has 10 heteroatoms. The summed E-state index contributed by atoms with van der Waals surface area (Å²) >= 11 is 0. The van der Waals surface area contributed by atoms with Crippen LogP contribution in [0, 0.1) is 5.92 Å². The normalized spacial score (nSPS) is 22.0. The third kappa shape index (κ3) is 4.97. The van der Waals surface area contributed by atoms with Crippen molar-refractivity contribution in [3.8, 4) is 5.75 Å². The van der Waals surface area contributed by atoms with Crippen molar-refractivity contribution in [2.75, 3.05) is 0 Å². The molecule has 2 aromatic rings. The van der Waals surface area contributed by atoms with Gasteiger partial charge in [0.25, 0.3) is 0 Å². The number of carboxylic acid groups (broad SMARTS) is 1. The number of rotatable bonds is 5. The van der Waals surface area contributed by atoms with Crippen LogP contribution in [0.3, 0.4) is 0 Å². The maximum atomic E-state index is 13.2. The third-order valence-corrected chi connectivity index (χ3v) is 6.96. The monoisotopic (exact) mass is 420 g/mol. The molecule has 0 saturated heterocycles. The first kappa shape index (κ1) is 23.3. The fourth-order valence-electron chi connectivity index (χ4n) is 3.39. The van der Waals surface area contributed by atoms with Gasteiger partial charge in [-0.1, -0.05) is 30.3 Å². The van der Waals surface area contributed by atoms with Crippen LogP contribution in [0.5, 0.6) is 5.75 Å². The summed E-state index contributed by atoms with van der Waals surface area (Å²) in [7, 11) is -4.44. The van der Waals surface area contributed by atoms with Crippen LogP contribution < -0.4 is 28.7 Å². The number of hydrogen-bond donors (Lipinski definition) is 0. The Bertz CT molecular complexity index is 963. The predicted molar refractivity (Wildman–Crippen MR) is 91.0 cm³/mol. The molecule has 1 aliphatic rings. The van der Waals surface area contributed by atoms with Gasteiger partial charge in [-0.15, -0.1) is 0 Å². The molecule has 150 valence electrons. The minimum Gasteiger partial charge on any atom is -0.550 e. The summed E-state index contributed by atoms with van der Waals surface area (Å²) in [5, 5.41) is 10.1. The van der Waals surface area contributed by atoms with Crippen molar-refractivity contribution >= 4 is 15.8 Å². The van der Waals surface area contributed by atoms with Crippen LogP contribution in [-0.4, -0.2) is 25.7 Å². The van der Waals surface area contributed by atoms with Gasteiger partial charge in [0.05, 0.1) is 15.7 Å². The second-order valence-electron chi connectivity index (χ2n) is 6.53. The minimum absolute atomic E-state index is 0.